The Hall–Kier alpha value is -0.710. The maximum atomic E-state index is 5.29. The molecular weight excluding hydrogens is 234 g/mol. The molecule has 0 radical (unpaired) electrons. The Bertz CT molecular complexity index is 307. The van der Waals surface area contributed by atoms with Crippen LogP contribution in [0, 0.1) is 0 Å². The number of thioether (sulfide) groups is 1. The van der Waals surface area contributed by atoms with Gasteiger partial charge >= 0.3 is 0 Å². The second-order valence-corrected chi connectivity index (χ2v) is 4.58. The molecule has 0 unspecified atom stereocenters. The summed E-state index contributed by atoms with van der Waals surface area (Å²) in [7, 11) is 1.71. The number of hydrogen-bond donors (Lipinski definition) is 1. The number of benzene rings is 1. The van der Waals surface area contributed by atoms with Crippen molar-refractivity contribution in [3.05, 3.63) is 24.3 Å². The van der Waals surface area contributed by atoms with Crippen LogP contribution in [0.4, 0.5) is 0 Å². The SMILES string of the molecule is CCOCCNCCSc1ccccc1OC. The molecule has 0 heterocycles. The van der Waals surface area contributed by atoms with Gasteiger partial charge in [0.15, 0.2) is 0 Å². The van der Waals surface area contributed by atoms with Crippen LogP contribution < -0.4 is 10.1 Å². The van der Waals surface area contributed by atoms with Crippen molar-refractivity contribution < 1.29 is 9.47 Å². The van der Waals surface area contributed by atoms with Crippen LogP contribution in [-0.4, -0.2) is 39.2 Å². The fraction of sp³-hybridized carbons (Fsp3) is 0.538. The molecule has 0 spiro atoms. The normalized spacial score (nSPS) is 10.5. The van der Waals surface area contributed by atoms with E-state index in [0.29, 0.717) is 0 Å². The second-order valence-electron chi connectivity index (χ2n) is 3.45. The standard InChI is InChI=1S/C13H21NO2S/c1-3-16-10-8-14-9-11-17-13-7-5-4-6-12(13)15-2/h4-7,14H,3,8-11H2,1-2H3. The topological polar surface area (TPSA) is 30.5 Å². The molecule has 1 N–H and O–H groups in total. The van der Waals surface area contributed by atoms with Gasteiger partial charge in [-0.2, -0.15) is 0 Å². The average molecular weight is 255 g/mol. The third kappa shape index (κ3) is 5.96. The highest BCUT2D eigenvalue weighted by Crippen LogP contribution is 2.27. The number of rotatable bonds is 9. The minimum Gasteiger partial charge on any atom is -0.496 e. The summed E-state index contributed by atoms with van der Waals surface area (Å²) in [5.41, 5.74) is 0. The van der Waals surface area contributed by atoms with Crippen molar-refractivity contribution in [3.63, 3.8) is 0 Å². The van der Waals surface area contributed by atoms with Crippen molar-refractivity contribution >= 4 is 11.8 Å². The lowest BCUT2D eigenvalue weighted by Gasteiger charge is -2.08. The van der Waals surface area contributed by atoms with Crippen LogP contribution in [-0.2, 0) is 4.74 Å². The molecule has 17 heavy (non-hydrogen) atoms. The van der Waals surface area contributed by atoms with Crippen molar-refractivity contribution in [1.82, 2.24) is 5.32 Å². The Morgan fingerprint density at radius 3 is 2.82 bits per heavy atom. The molecule has 0 fully saturated rings. The minimum absolute atomic E-state index is 0.788. The summed E-state index contributed by atoms with van der Waals surface area (Å²) >= 11 is 1.81. The van der Waals surface area contributed by atoms with E-state index in [1.165, 1.54) is 4.90 Å². The van der Waals surface area contributed by atoms with E-state index in [1.807, 2.05) is 36.9 Å². The summed E-state index contributed by atoms with van der Waals surface area (Å²) in [5, 5.41) is 3.34. The highest BCUT2D eigenvalue weighted by atomic mass is 32.2. The van der Waals surface area contributed by atoms with Gasteiger partial charge in [0.2, 0.25) is 0 Å². The highest BCUT2D eigenvalue weighted by Gasteiger charge is 2.00. The lowest BCUT2D eigenvalue weighted by Crippen LogP contribution is -2.22. The maximum Gasteiger partial charge on any atom is 0.132 e. The first-order chi connectivity index (χ1) is 8.38. The van der Waals surface area contributed by atoms with Crippen LogP contribution >= 0.6 is 11.8 Å². The zero-order chi connectivity index (χ0) is 12.3. The van der Waals surface area contributed by atoms with Crippen LogP contribution in [0.25, 0.3) is 0 Å². The van der Waals surface area contributed by atoms with Gasteiger partial charge in [0.25, 0.3) is 0 Å². The average Bonchev–Trinajstić information content (AvgIpc) is 2.38. The van der Waals surface area contributed by atoms with Crippen LogP contribution in [0.1, 0.15) is 6.92 Å². The summed E-state index contributed by atoms with van der Waals surface area (Å²) in [4.78, 5) is 1.20. The molecule has 0 aliphatic heterocycles. The summed E-state index contributed by atoms with van der Waals surface area (Å²) in [6, 6.07) is 8.10. The highest BCUT2D eigenvalue weighted by molar-refractivity contribution is 7.99. The van der Waals surface area contributed by atoms with E-state index in [9.17, 15) is 0 Å². The molecule has 0 aromatic heterocycles. The van der Waals surface area contributed by atoms with E-state index in [1.54, 1.807) is 7.11 Å². The summed E-state index contributed by atoms with van der Waals surface area (Å²) in [6.45, 7) is 5.49. The number of para-hydroxylation sites is 1. The van der Waals surface area contributed by atoms with Crippen molar-refractivity contribution in [3.8, 4) is 5.75 Å². The van der Waals surface area contributed by atoms with Crippen molar-refractivity contribution in [2.24, 2.45) is 0 Å². The fourth-order valence-electron chi connectivity index (χ4n) is 1.38. The monoisotopic (exact) mass is 255 g/mol. The largest absolute Gasteiger partial charge is 0.496 e. The Morgan fingerprint density at radius 2 is 2.06 bits per heavy atom. The Balaban J connectivity index is 2.13. The van der Waals surface area contributed by atoms with Crippen molar-refractivity contribution in [1.29, 1.82) is 0 Å². The smallest absolute Gasteiger partial charge is 0.132 e. The van der Waals surface area contributed by atoms with Gasteiger partial charge in [0.05, 0.1) is 13.7 Å². The maximum absolute atomic E-state index is 5.29. The predicted molar refractivity (Wildman–Crippen MR) is 73.1 cm³/mol. The van der Waals surface area contributed by atoms with E-state index < -0.39 is 0 Å². The fourth-order valence-corrected chi connectivity index (χ4v) is 2.32. The molecule has 0 amide bonds. The lowest BCUT2D eigenvalue weighted by atomic mass is 10.3. The molecule has 3 nitrogen and oxygen atoms in total. The summed E-state index contributed by atoms with van der Waals surface area (Å²) < 4.78 is 10.5. The van der Waals surface area contributed by atoms with E-state index in [0.717, 1.165) is 37.8 Å². The van der Waals surface area contributed by atoms with E-state index in [2.05, 4.69) is 11.4 Å². The summed E-state index contributed by atoms with van der Waals surface area (Å²) in [5.74, 6) is 1.98. The van der Waals surface area contributed by atoms with Gasteiger partial charge in [-0.25, -0.2) is 0 Å². The third-order valence-corrected chi connectivity index (χ3v) is 3.29. The molecule has 96 valence electrons. The van der Waals surface area contributed by atoms with Gasteiger partial charge in [-0.15, -0.1) is 11.8 Å². The van der Waals surface area contributed by atoms with Gasteiger partial charge in [-0.1, -0.05) is 12.1 Å². The number of hydrogen-bond acceptors (Lipinski definition) is 4. The third-order valence-electron chi connectivity index (χ3n) is 2.23. The van der Waals surface area contributed by atoms with Gasteiger partial charge in [0.1, 0.15) is 5.75 Å². The molecule has 1 rings (SSSR count). The van der Waals surface area contributed by atoms with E-state index in [4.69, 9.17) is 9.47 Å². The van der Waals surface area contributed by atoms with Gasteiger partial charge in [-0.3, -0.25) is 0 Å². The first-order valence-electron chi connectivity index (χ1n) is 5.92. The number of ether oxygens (including phenoxy) is 2. The van der Waals surface area contributed by atoms with Crippen molar-refractivity contribution in [2.45, 2.75) is 11.8 Å². The minimum atomic E-state index is 0.788. The zero-order valence-corrected chi connectivity index (χ0v) is 11.4. The molecule has 0 saturated carbocycles. The van der Waals surface area contributed by atoms with Gasteiger partial charge in [0, 0.05) is 30.3 Å². The molecule has 1 aromatic rings. The van der Waals surface area contributed by atoms with Crippen LogP contribution in [0.3, 0.4) is 0 Å². The summed E-state index contributed by atoms with van der Waals surface area (Å²) in [6.07, 6.45) is 0. The first-order valence-corrected chi connectivity index (χ1v) is 6.91. The quantitative estimate of drug-likeness (QED) is 0.542. The molecule has 0 bridgehead atoms. The van der Waals surface area contributed by atoms with Gasteiger partial charge < -0.3 is 14.8 Å². The Labute approximate surface area is 108 Å². The first kappa shape index (κ1) is 14.4. The van der Waals surface area contributed by atoms with Crippen LogP contribution in [0.15, 0.2) is 29.2 Å². The predicted octanol–water partition coefficient (Wildman–Crippen LogP) is 2.41. The molecule has 0 aliphatic carbocycles. The Kier molecular flexibility index (Phi) is 7.88. The molecule has 0 saturated heterocycles. The molecule has 1 aromatic carbocycles. The molecular formula is C13H21NO2S. The van der Waals surface area contributed by atoms with Crippen molar-refractivity contribution in [2.75, 3.05) is 39.2 Å². The number of methoxy groups -OCH3 is 1. The van der Waals surface area contributed by atoms with E-state index >= 15 is 0 Å². The molecule has 0 atom stereocenters. The second kappa shape index (κ2) is 9.33. The molecule has 4 heteroatoms. The number of nitrogens with one attached hydrogen (secondary N) is 1. The van der Waals surface area contributed by atoms with Gasteiger partial charge in [-0.05, 0) is 19.1 Å². The zero-order valence-electron chi connectivity index (χ0n) is 10.6. The lowest BCUT2D eigenvalue weighted by molar-refractivity contribution is 0.150. The van der Waals surface area contributed by atoms with Crippen LogP contribution in [0.2, 0.25) is 0 Å². The van der Waals surface area contributed by atoms with Crippen LogP contribution in [0.5, 0.6) is 5.75 Å². The molecule has 0 aliphatic rings. The Morgan fingerprint density at radius 1 is 1.24 bits per heavy atom. The van der Waals surface area contributed by atoms with E-state index in [-0.39, 0.29) is 0 Å².